The molecule has 0 radical (unpaired) electrons. The monoisotopic (exact) mass is 249 g/mol. The molecule has 1 atom stereocenters. The summed E-state index contributed by atoms with van der Waals surface area (Å²) in [5.41, 5.74) is 1.09. The first-order chi connectivity index (χ1) is 8.76. The number of ether oxygens (including phenoxy) is 1. The summed E-state index contributed by atoms with van der Waals surface area (Å²) >= 11 is 0. The second kappa shape index (κ2) is 5.87. The molecule has 1 aromatic rings. The average Bonchev–Trinajstić information content (AvgIpc) is 2.83. The molecule has 0 fully saturated rings. The number of benzene rings is 1. The van der Waals surface area contributed by atoms with Crippen molar-refractivity contribution < 1.29 is 14.6 Å². The molecule has 1 unspecified atom stereocenters. The van der Waals surface area contributed by atoms with Crippen LogP contribution in [0.15, 0.2) is 24.3 Å². The van der Waals surface area contributed by atoms with E-state index in [0.717, 1.165) is 11.3 Å². The molecular formula is C14H19NO3. The second-order valence-electron chi connectivity index (χ2n) is 4.41. The number of carbonyl (C=O) groups is 1. The van der Waals surface area contributed by atoms with E-state index >= 15 is 0 Å². The Kier molecular flexibility index (Phi) is 4.20. The van der Waals surface area contributed by atoms with Crippen molar-refractivity contribution in [3.8, 4) is 5.75 Å². The molecule has 18 heavy (non-hydrogen) atoms. The van der Waals surface area contributed by atoms with Crippen molar-refractivity contribution in [2.45, 2.75) is 25.9 Å². The molecule has 1 aliphatic heterocycles. The highest BCUT2D eigenvalue weighted by Crippen LogP contribution is 2.28. The third-order valence-electron chi connectivity index (χ3n) is 3.20. The van der Waals surface area contributed by atoms with Gasteiger partial charge in [0.05, 0.1) is 0 Å². The highest BCUT2D eigenvalue weighted by molar-refractivity contribution is 5.82. The maximum atomic E-state index is 12.3. The summed E-state index contributed by atoms with van der Waals surface area (Å²) in [5, 5.41) is 8.83. The molecule has 1 heterocycles. The van der Waals surface area contributed by atoms with Crippen LogP contribution in [-0.4, -0.2) is 41.7 Å². The number of aliphatic hydroxyl groups excluding tert-OH is 1. The van der Waals surface area contributed by atoms with Crippen LogP contribution in [0.1, 0.15) is 18.9 Å². The van der Waals surface area contributed by atoms with Gasteiger partial charge in [0.15, 0.2) is 6.10 Å². The van der Waals surface area contributed by atoms with E-state index in [-0.39, 0.29) is 12.5 Å². The Bertz CT molecular complexity index is 394. The maximum Gasteiger partial charge on any atom is 0.263 e. The zero-order chi connectivity index (χ0) is 13.0. The zero-order valence-electron chi connectivity index (χ0n) is 10.6. The minimum absolute atomic E-state index is 0.0159. The molecule has 98 valence electrons. The molecule has 0 spiro atoms. The Morgan fingerprint density at radius 2 is 2.28 bits per heavy atom. The molecule has 1 aliphatic rings. The standard InChI is InChI=1S/C14H19NO3/c1-2-15(8-5-9-16)14(17)13-10-11-6-3-4-7-12(11)18-13/h3-4,6-7,13,16H,2,5,8-10H2,1H3. The number of carbonyl (C=O) groups excluding carboxylic acids is 1. The van der Waals surface area contributed by atoms with Gasteiger partial charge >= 0.3 is 0 Å². The SMILES string of the molecule is CCN(CCCO)C(=O)C1Cc2ccccc2O1. The molecule has 1 aromatic carbocycles. The Hall–Kier alpha value is -1.55. The quantitative estimate of drug-likeness (QED) is 0.853. The second-order valence-corrected chi connectivity index (χ2v) is 4.41. The maximum absolute atomic E-state index is 12.3. The molecule has 0 saturated carbocycles. The Balaban J connectivity index is 1.99. The average molecular weight is 249 g/mol. The van der Waals surface area contributed by atoms with Crippen LogP contribution in [0, 0.1) is 0 Å². The molecule has 1 N–H and O–H groups in total. The van der Waals surface area contributed by atoms with Crippen molar-refractivity contribution in [3.05, 3.63) is 29.8 Å². The van der Waals surface area contributed by atoms with Crippen molar-refractivity contribution in [2.24, 2.45) is 0 Å². The lowest BCUT2D eigenvalue weighted by molar-refractivity contribution is -0.137. The van der Waals surface area contributed by atoms with Crippen LogP contribution in [0.3, 0.4) is 0 Å². The first-order valence-electron chi connectivity index (χ1n) is 6.40. The van der Waals surface area contributed by atoms with Gasteiger partial charge in [-0.15, -0.1) is 0 Å². The minimum atomic E-state index is -0.402. The Labute approximate surface area is 107 Å². The van der Waals surface area contributed by atoms with Crippen molar-refractivity contribution in [1.82, 2.24) is 4.90 Å². The van der Waals surface area contributed by atoms with Gasteiger partial charge in [0.2, 0.25) is 0 Å². The molecule has 0 bridgehead atoms. The lowest BCUT2D eigenvalue weighted by Gasteiger charge is -2.23. The highest BCUT2D eigenvalue weighted by Gasteiger charge is 2.31. The predicted octanol–water partition coefficient (Wildman–Crippen LogP) is 1.22. The Morgan fingerprint density at radius 3 is 2.94 bits per heavy atom. The lowest BCUT2D eigenvalue weighted by Crippen LogP contribution is -2.42. The van der Waals surface area contributed by atoms with Crippen molar-refractivity contribution in [1.29, 1.82) is 0 Å². The molecule has 1 amide bonds. The van der Waals surface area contributed by atoms with Crippen LogP contribution in [-0.2, 0) is 11.2 Å². The van der Waals surface area contributed by atoms with Gasteiger partial charge in [0.1, 0.15) is 5.75 Å². The van der Waals surface area contributed by atoms with E-state index in [0.29, 0.717) is 25.9 Å². The topological polar surface area (TPSA) is 49.8 Å². The lowest BCUT2D eigenvalue weighted by atomic mass is 10.1. The van der Waals surface area contributed by atoms with Gasteiger partial charge in [-0.2, -0.15) is 0 Å². The summed E-state index contributed by atoms with van der Waals surface area (Å²) in [6.45, 7) is 3.28. The van der Waals surface area contributed by atoms with Crippen LogP contribution in [0.4, 0.5) is 0 Å². The predicted molar refractivity (Wildman–Crippen MR) is 68.5 cm³/mol. The number of aliphatic hydroxyl groups is 1. The number of amides is 1. The molecule has 4 heteroatoms. The van der Waals surface area contributed by atoms with Gasteiger partial charge in [-0.1, -0.05) is 18.2 Å². The summed E-state index contributed by atoms with van der Waals surface area (Å²) in [6, 6.07) is 7.76. The molecule has 4 nitrogen and oxygen atoms in total. The van der Waals surface area contributed by atoms with Gasteiger partial charge in [-0.25, -0.2) is 0 Å². The van der Waals surface area contributed by atoms with E-state index in [1.54, 1.807) is 4.90 Å². The van der Waals surface area contributed by atoms with E-state index in [9.17, 15) is 4.79 Å². The van der Waals surface area contributed by atoms with Gasteiger partial charge in [-0.05, 0) is 25.0 Å². The normalized spacial score (nSPS) is 17.1. The van der Waals surface area contributed by atoms with E-state index in [1.165, 1.54) is 0 Å². The van der Waals surface area contributed by atoms with E-state index in [2.05, 4.69) is 0 Å². The van der Waals surface area contributed by atoms with Crippen molar-refractivity contribution in [2.75, 3.05) is 19.7 Å². The van der Waals surface area contributed by atoms with Gasteiger partial charge < -0.3 is 14.7 Å². The molecule has 0 aromatic heterocycles. The fraction of sp³-hybridized carbons (Fsp3) is 0.500. The third kappa shape index (κ3) is 2.64. The molecule has 0 saturated heterocycles. The van der Waals surface area contributed by atoms with E-state index in [1.807, 2.05) is 31.2 Å². The number of para-hydroxylation sites is 1. The fourth-order valence-electron chi connectivity index (χ4n) is 2.21. The first-order valence-corrected chi connectivity index (χ1v) is 6.40. The highest BCUT2D eigenvalue weighted by atomic mass is 16.5. The number of likely N-dealkylation sites (N-methyl/N-ethyl adjacent to an activating group) is 1. The summed E-state index contributed by atoms with van der Waals surface area (Å²) in [5.74, 6) is 0.830. The van der Waals surface area contributed by atoms with Gasteiger partial charge in [0.25, 0.3) is 5.91 Å². The fourth-order valence-corrected chi connectivity index (χ4v) is 2.21. The minimum Gasteiger partial charge on any atom is -0.480 e. The zero-order valence-corrected chi connectivity index (χ0v) is 10.6. The first kappa shape index (κ1) is 12.9. The molecule has 2 rings (SSSR count). The van der Waals surface area contributed by atoms with Gasteiger partial charge in [0, 0.05) is 26.1 Å². The third-order valence-corrected chi connectivity index (χ3v) is 3.20. The number of hydrogen-bond acceptors (Lipinski definition) is 3. The molecule has 0 aliphatic carbocycles. The largest absolute Gasteiger partial charge is 0.480 e. The molecular weight excluding hydrogens is 230 g/mol. The van der Waals surface area contributed by atoms with Crippen LogP contribution >= 0.6 is 0 Å². The van der Waals surface area contributed by atoms with Crippen LogP contribution < -0.4 is 4.74 Å². The number of rotatable bonds is 5. The summed E-state index contributed by atoms with van der Waals surface area (Å²) in [4.78, 5) is 14.0. The number of hydrogen-bond donors (Lipinski definition) is 1. The van der Waals surface area contributed by atoms with Crippen LogP contribution in [0.2, 0.25) is 0 Å². The Morgan fingerprint density at radius 1 is 1.50 bits per heavy atom. The number of fused-ring (bicyclic) bond motifs is 1. The summed E-state index contributed by atoms with van der Waals surface area (Å²) in [7, 11) is 0. The van der Waals surface area contributed by atoms with E-state index in [4.69, 9.17) is 9.84 Å². The van der Waals surface area contributed by atoms with Crippen molar-refractivity contribution in [3.63, 3.8) is 0 Å². The summed E-state index contributed by atoms with van der Waals surface area (Å²) < 4.78 is 5.68. The van der Waals surface area contributed by atoms with Crippen molar-refractivity contribution >= 4 is 5.91 Å². The van der Waals surface area contributed by atoms with Crippen LogP contribution in [0.25, 0.3) is 0 Å². The summed E-state index contributed by atoms with van der Waals surface area (Å²) in [6.07, 6.45) is 0.852. The number of nitrogens with zero attached hydrogens (tertiary/aromatic N) is 1. The van der Waals surface area contributed by atoms with Gasteiger partial charge in [-0.3, -0.25) is 4.79 Å². The van der Waals surface area contributed by atoms with E-state index < -0.39 is 6.10 Å². The smallest absolute Gasteiger partial charge is 0.263 e. The van der Waals surface area contributed by atoms with Crippen LogP contribution in [0.5, 0.6) is 5.75 Å².